The first-order valence-corrected chi connectivity index (χ1v) is 5.32. The first-order valence-electron chi connectivity index (χ1n) is 5.32. The van der Waals surface area contributed by atoms with Gasteiger partial charge in [0.25, 0.3) is 0 Å². The van der Waals surface area contributed by atoms with Gasteiger partial charge in [0.1, 0.15) is 0 Å². The van der Waals surface area contributed by atoms with Crippen LogP contribution in [-0.4, -0.2) is 31.5 Å². The van der Waals surface area contributed by atoms with Gasteiger partial charge in [-0.2, -0.15) is 4.98 Å². The molecule has 0 saturated heterocycles. The van der Waals surface area contributed by atoms with Crippen molar-refractivity contribution in [3.8, 4) is 17.2 Å². The summed E-state index contributed by atoms with van der Waals surface area (Å²) in [6, 6.07) is 3.72. The molecule has 2 rings (SSSR count). The molecule has 0 N–H and O–H groups in total. The second kappa shape index (κ2) is 5.39. The van der Waals surface area contributed by atoms with Crippen molar-refractivity contribution < 1.29 is 18.7 Å². The van der Waals surface area contributed by atoms with Crippen molar-refractivity contribution >= 4 is 0 Å². The predicted octanol–water partition coefficient (Wildman–Crippen LogP) is 1.69. The first-order chi connectivity index (χ1) is 8.78. The third kappa shape index (κ3) is 2.37. The maximum absolute atomic E-state index is 5.27. The Hall–Kier alpha value is -2.24. The molecule has 0 atom stereocenters. The molecule has 18 heavy (non-hydrogen) atoms. The molecule has 0 amide bonds. The maximum atomic E-state index is 5.27. The number of methoxy groups -OCH3 is 3. The standard InChI is InChI=1S/C12H14N2O4/c1-15-9-4-8(6-11-13-7-18-14-11)5-10(16-2)12(9)17-3/h4-5,7H,6H2,1-3H3. The zero-order valence-corrected chi connectivity index (χ0v) is 10.5. The van der Waals surface area contributed by atoms with Crippen molar-refractivity contribution in [2.75, 3.05) is 21.3 Å². The van der Waals surface area contributed by atoms with Gasteiger partial charge in [0.2, 0.25) is 12.1 Å². The van der Waals surface area contributed by atoms with Crippen LogP contribution in [0.3, 0.4) is 0 Å². The van der Waals surface area contributed by atoms with Crippen molar-refractivity contribution in [1.82, 2.24) is 10.1 Å². The summed E-state index contributed by atoms with van der Waals surface area (Å²) in [6.07, 6.45) is 1.83. The van der Waals surface area contributed by atoms with Crippen molar-refractivity contribution in [3.63, 3.8) is 0 Å². The topological polar surface area (TPSA) is 66.6 Å². The van der Waals surface area contributed by atoms with E-state index in [1.54, 1.807) is 21.3 Å². The number of ether oxygens (including phenoxy) is 3. The number of nitrogens with zero attached hydrogens (tertiary/aromatic N) is 2. The molecular formula is C12H14N2O4. The van der Waals surface area contributed by atoms with Crippen LogP contribution < -0.4 is 14.2 Å². The summed E-state index contributed by atoms with van der Waals surface area (Å²) >= 11 is 0. The Morgan fingerprint density at radius 2 is 1.72 bits per heavy atom. The molecule has 1 heterocycles. The molecule has 0 bridgehead atoms. The summed E-state index contributed by atoms with van der Waals surface area (Å²) in [5, 5.41) is 3.77. The van der Waals surface area contributed by atoms with Crippen LogP contribution >= 0.6 is 0 Å². The minimum Gasteiger partial charge on any atom is -0.493 e. The number of aromatic nitrogens is 2. The molecule has 96 valence electrons. The fraction of sp³-hybridized carbons (Fsp3) is 0.333. The Balaban J connectivity index is 2.37. The molecule has 1 aromatic carbocycles. The van der Waals surface area contributed by atoms with Gasteiger partial charge in [-0.25, -0.2) is 0 Å². The van der Waals surface area contributed by atoms with Gasteiger partial charge in [-0.05, 0) is 17.7 Å². The van der Waals surface area contributed by atoms with Crippen LogP contribution in [0.2, 0.25) is 0 Å². The number of hydrogen-bond acceptors (Lipinski definition) is 6. The third-order valence-electron chi connectivity index (χ3n) is 2.49. The minimum absolute atomic E-state index is 0.535. The van der Waals surface area contributed by atoms with Crippen molar-refractivity contribution in [3.05, 3.63) is 29.9 Å². The van der Waals surface area contributed by atoms with E-state index in [1.807, 2.05) is 12.1 Å². The van der Waals surface area contributed by atoms with Gasteiger partial charge in [0.05, 0.1) is 21.3 Å². The Bertz CT molecular complexity index is 486. The van der Waals surface area contributed by atoms with Crippen LogP contribution in [-0.2, 0) is 6.42 Å². The zero-order valence-electron chi connectivity index (χ0n) is 10.5. The van der Waals surface area contributed by atoms with E-state index in [1.165, 1.54) is 6.39 Å². The molecule has 6 heteroatoms. The second-order valence-electron chi connectivity index (χ2n) is 3.56. The van der Waals surface area contributed by atoms with E-state index in [0.717, 1.165) is 5.56 Å². The second-order valence-corrected chi connectivity index (χ2v) is 3.56. The Morgan fingerprint density at radius 3 is 2.17 bits per heavy atom. The van der Waals surface area contributed by atoms with Crippen LogP contribution in [0.4, 0.5) is 0 Å². The SMILES string of the molecule is COc1cc(Cc2ncon2)cc(OC)c1OC. The lowest BCUT2D eigenvalue weighted by Crippen LogP contribution is -1.98. The van der Waals surface area contributed by atoms with Gasteiger partial charge < -0.3 is 18.7 Å². The molecule has 0 saturated carbocycles. The van der Waals surface area contributed by atoms with Crippen molar-refractivity contribution in [2.45, 2.75) is 6.42 Å². The van der Waals surface area contributed by atoms with E-state index in [4.69, 9.17) is 18.7 Å². The Labute approximate surface area is 104 Å². The van der Waals surface area contributed by atoms with Crippen molar-refractivity contribution in [2.24, 2.45) is 0 Å². The average molecular weight is 250 g/mol. The fourth-order valence-corrected chi connectivity index (χ4v) is 1.69. The zero-order chi connectivity index (χ0) is 13.0. The van der Waals surface area contributed by atoms with E-state index in [-0.39, 0.29) is 0 Å². The number of rotatable bonds is 5. The smallest absolute Gasteiger partial charge is 0.213 e. The third-order valence-corrected chi connectivity index (χ3v) is 2.49. The maximum Gasteiger partial charge on any atom is 0.213 e. The summed E-state index contributed by atoms with van der Waals surface area (Å²) in [7, 11) is 4.73. The van der Waals surface area contributed by atoms with Gasteiger partial charge in [-0.15, -0.1) is 0 Å². The van der Waals surface area contributed by atoms with Crippen LogP contribution in [0.25, 0.3) is 0 Å². The van der Waals surface area contributed by atoms with E-state index in [2.05, 4.69) is 10.1 Å². The molecule has 0 aliphatic rings. The summed E-state index contributed by atoms with van der Waals surface area (Å²) in [5.74, 6) is 2.38. The number of hydrogen-bond donors (Lipinski definition) is 0. The molecule has 0 aliphatic carbocycles. The summed E-state index contributed by atoms with van der Waals surface area (Å²) in [4.78, 5) is 3.97. The van der Waals surface area contributed by atoms with Crippen molar-refractivity contribution in [1.29, 1.82) is 0 Å². The highest BCUT2D eigenvalue weighted by atomic mass is 16.5. The Kier molecular flexibility index (Phi) is 3.66. The minimum atomic E-state index is 0.535. The summed E-state index contributed by atoms with van der Waals surface area (Å²) in [6.45, 7) is 0. The average Bonchev–Trinajstić information content (AvgIpc) is 2.90. The van der Waals surface area contributed by atoms with E-state index >= 15 is 0 Å². The van der Waals surface area contributed by atoms with E-state index in [0.29, 0.717) is 29.5 Å². The molecule has 0 spiro atoms. The highest BCUT2D eigenvalue weighted by molar-refractivity contribution is 5.54. The van der Waals surface area contributed by atoms with E-state index < -0.39 is 0 Å². The summed E-state index contributed by atoms with van der Waals surface area (Å²) in [5.41, 5.74) is 0.950. The quantitative estimate of drug-likeness (QED) is 0.804. The van der Waals surface area contributed by atoms with Gasteiger partial charge in [-0.3, -0.25) is 0 Å². The van der Waals surface area contributed by atoms with E-state index in [9.17, 15) is 0 Å². The van der Waals surface area contributed by atoms with Crippen LogP contribution in [0.5, 0.6) is 17.2 Å². The molecule has 0 radical (unpaired) electrons. The first kappa shape index (κ1) is 12.2. The lowest BCUT2D eigenvalue weighted by molar-refractivity contribution is 0.324. The molecule has 1 aromatic heterocycles. The van der Waals surface area contributed by atoms with Gasteiger partial charge >= 0.3 is 0 Å². The molecule has 2 aromatic rings. The largest absolute Gasteiger partial charge is 0.493 e. The predicted molar refractivity (Wildman–Crippen MR) is 63.2 cm³/mol. The van der Waals surface area contributed by atoms with Crippen LogP contribution in [0.15, 0.2) is 23.0 Å². The van der Waals surface area contributed by atoms with Gasteiger partial charge in [0.15, 0.2) is 17.3 Å². The Morgan fingerprint density at radius 1 is 1.06 bits per heavy atom. The monoisotopic (exact) mass is 250 g/mol. The molecule has 0 unspecified atom stereocenters. The molecular weight excluding hydrogens is 236 g/mol. The molecule has 0 aliphatic heterocycles. The summed E-state index contributed by atoms with van der Waals surface area (Å²) < 4.78 is 20.5. The highest BCUT2D eigenvalue weighted by Gasteiger charge is 2.14. The van der Waals surface area contributed by atoms with Crippen LogP contribution in [0.1, 0.15) is 11.4 Å². The van der Waals surface area contributed by atoms with Gasteiger partial charge in [-0.1, -0.05) is 5.16 Å². The molecule has 0 fully saturated rings. The fourth-order valence-electron chi connectivity index (χ4n) is 1.69. The molecule has 6 nitrogen and oxygen atoms in total. The highest BCUT2D eigenvalue weighted by Crippen LogP contribution is 2.38. The lowest BCUT2D eigenvalue weighted by atomic mass is 10.1. The normalized spacial score (nSPS) is 10.2. The lowest BCUT2D eigenvalue weighted by Gasteiger charge is -2.13. The van der Waals surface area contributed by atoms with Gasteiger partial charge in [0, 0.05) is 6.42 Å². The van der Waals surface area contributed by atoms with Crippen LogP contribution in [0, 0.1) is 0 Å². The number of benzene rings is 1.